The zero-order valence-corrected chi connectivity index (χ0v) is 9.02. The smallest absolute Gasteiger partial charge is 0.396 e. The zero-order chi connectivity index (χ0) is 11.7. The van der Waals surface area contributed by atoms with Crippen LogP contribution in [-0.4, -0.2) is 30.6 Å². The summed E-state index contributed by atoms with van der Waals surface area (Å²) in [5.41, 5.74) is 0. The molecule has 0 amide bonds. The van der Waals surface area contributed by atoms with Crippen LogP contribution in [0.25, 0.3) is 0 Å². The van der Waals surface area contributed by atoms with Crippen LogP contribution in [0.3, 0.4) is 0 Å². The molecular weight excluding hydrogens is 209 g/mol. The van der Waals surface area contributed by atoms with Crippen LogP contribution in [-0.2, 0) is 4.74 Å². The Morgan fingerprint density at radius 2 is 1.87 bits per heavy atom. The summed E-state index contributed by atoms with van der Waals surface area (Å²) in [4.78, 5) is 0. The molecule has 0 aromatic carbocycles. The molecule has 0 spiro atoms. The van der Waals surface area contributed by atoms with Gasteiger partial charge in [0.1, 0.15) is 0 Å². The van der Waals surface area contributed by atoms with Gasteiger partial charge in [0.25, 0.3) is 0 Å². The summed E-state index contributed by atoms with van der Waals surface area (Å²) < 4.78 is 41.9. The number of hydrogen-bond acceptors (Lipinski definition) is 2. The molecule has 0 aliphatic heterocycles. The second kappa shape index (κ2) is 7.93. The van der Waals surface area contributed by atoms with Crippen molar-refractivity contribution >= 4 is 0 Å². The lowest BCUT2D eigenvalue weighted by Gasteiger charge is -2.20. The Hall–Kier alpha value is -0.290. The Morgan fingerprint density at radius 3 is 2.33 bits per heavy atom. The molecule has 0 aliphatic rings. The third-order valence-corrected chi connectivity index (χ3v) is 2.06. The SMILES string of the molecule is CCCCC[C@H](OCCCO)C(F)(F)F. The molecule has 0 rings (SSSR count). The molecule has 92 valence electrons. The first kappa shape index (κ1) is 14.7. The van der Waals surface area contributed by atoms with Gasteiger partial charge in [0.15, 0.2) is 6.10 Å². The average Bonchev–Trinajstić information content (AvgIpc) is 2.14. The highest BCUT2D eigenvalue weighted by Crippen LogP contribution is 2.27. The summed E-state index contributed by atoms with van der Waals surface area (Å²) in [7, 11) is 0. The lowest BCUT2D eigenvalue weighted by atomic mass is 10.1. The number of unbranched alkanes of at least 4 members (excludes halogenated alkanes) is 2. The van der Waals surface area contributed by atoms with Crippen molar-refractivity contribution in [3.63, 3.8) is 0 Å². The van der Waals surface area contributed by atoms with Crippen LogP contribution in [0.4, 0.5) is 13.2 Å². The molecular formula is C10H19F3O2. The standard InChI is InChI=1S/C10H19F3O2/c1-2-3-4-6-9(10(11,12)13)15-8-5-7-14/h9,14H,2-8H2,1H3/t9-/m0/s1. The van der Waals surface area contributed by atoms with Crippen molar-refractivity contribution in [1.29, 1.82) is 0 Å². The minimum Gasteiger partial charge on any atom is -0.396 e. The first-order valence-electron chi connectivity index (χ1n) is 5.31. The fourth-order valence-electron chi connectivity index (χ4n) is 1.21. The van der Waals surface area contributed by atoms with E-state index in [4.69, 9.17) is 9.84 Å². The first-order valence-corrected chi connectivity index (χ1v) is 5.31. The monoisotopic (exact) mass is 228 g/mol. The highest BCUT2D eigenvalue weighted by atomic mass is 19.4. The van der Waals surface area contributed by atoms with Crippen LogP contribution >= 0.6 is 0 Å². The van der Waals surface area contributed by atoms with E-state index < -0.39 is 12.3 Å². The zero-order valence-electron chi connectivity index (χ0n) is 9.02. The van der Waals surface area contributed by atoms with Crippen LogP contribution in [0, 0.1) is 0 Å². The Labute approximate surface area is 88.4 Å². The lowest BCUT2D eigenvalue weighted by Crippen LogP contribution is -2.32. The van der Waals surface area contributed by atoms with Gasteiger partial charge in [-0.15, -0.1) is 0 Å². The largest absolute Gasteiger partial charge is 0.414 e. The molecule has 0 unspecified atom stereocenters. The van der Waals surface area contributed by atoms with Crippen LogP contribution in [0.2, 0.25) is 0 Å². The van der Waals surface area contributed by atoms with Crippen molar-refractivity contribution in [2.45, 2.75) is 51.3 Å². The number of rotatable bonds is 8. The van der Waals surface area contributed by atoms with Gasteiger partial charge in [-0.1, -0.05) is 26.2 Å². The van der Waals surface area contributed by atoms with Crippen molar-refractivity contribution in [2.24, 2.45) is 0 Å². The highest BCUT2D eigenvalue weighted by molar-refractivity contribution is 4.67. The van der Waals surface area contributed by atoms with Crippen LogP contribution in [0.1, 0.15) is 39.0 Å². The maximum Gasteiger partial charge on any atom is 0.414 e. The summed E-state index contributed by atoms with van der Waals surface area (Å²) in [6, 6.07) is 0. The van der Waals surface area contributed by atoms with Gasteiger partial charge in [-0.2, -0.15) is 13.2 Å². The quantitative estimate of drug-likeness (QED) is 0.647. The van der Waals surface area contributed by atoms with Crippen molar-refractivity contribution in [3.8, 4) is 0 Å². The molecule has 15 heavy (non-hydrogen) atoms. The van der Waals surface area contributed by atoms with E-state index in [-0.39, 0.29) is 26.1 Å². The molecule has 5 heteroatoms. The summed E-state index contributed by atoms with van der Waals surface area (Å²) in [6.45, 7) is 1.77. The Bertz CT molecular complexity index is 138. The molecule has 0 fully saturated rings. The Morgan fingerprint density at radius 1 is 1.20 bits per heavy atom. The van der Waals surface area contributed by atoms with Crippen molar-refractivity contribution in [2.75, 3.05) is 13.2 Å². The number of aliphatic hydroxyl groups excluding tert-OH is 1. The van der Waals surface area contributed by atoms with E-state index in [9.17, 15) is 13.2 Å². The minimum absolute atomic E-state index is 0.0166. The van der Waals surface area contributed by atoms with Gasteiger partial charge in [-0.3, -0.25) is 0 Å². The lowest BCUT2D eigenvalue weighted by molar-refractivity contribution is -0.223. The summed E-state index contributed by atoms with van der Waals surface area (Å²) in [5, 5.41) is 8.43. The van der Waals surface area contributed by atoms with E-state index in [1.165, 1.54) is 0 Å². The molecule has 0 aromatic rings. The fraction of sp³-hybridized carbons (Fsp3) is 1.00. The number of ether oxygens (including phenoxy) is 1. The number of alkyl halides is 3. The maximum atomic E-state index is 12.4. The van der Waals surface area contributed by atoms with Gasteiger partial charge in [-0.25, -0.2) is 0 Å². The molecule has 2 nitrogen and oxygen atoms in total. The predicted molar refractivity (Wildman–Crippen MR) is 51.6 cm³/mol. The molecule has 0 saturated carbocycles. The molecule has 0 radical (unpaired) electrons. The Balaban J connectivity index is 3.85. The van der Waals surface area contributed by atoms with Gasteiger partial charge >= 0.3 is 6.18 Å². The highest BCUT2D eigenvalue weighted by Gasteiger charge is 2.39. The topological polar surface area (TPSA) is 29.5 Å². The number of halogens is 3. The van der Waals surface area contributed by atoms with E-state index in [1.807, 2.05) is 6.92 Å². The van der Waals surface area contributed by atoms with Crippen LogP contribution in [0.5, 0.6) is 0 Å². The Kier molecular flexibility index (Phi) is 7.78. The van der Waals surface area contributed by atoms with Gasteiger partial charge in [0, 0.05) is 13.2 Å². The van der Waals surface area contributed by atoms with Gasteiger partial charge in [0.05, 0.1) is 0 Å². The minimum atomic E-state index is -4.29. The van der Waals surface area contributed by atoms with Gasteiger partial charge in [-0.05, 0) is 12.8 Å². The molecule has 0 saturated heterocycles. The van der Waals surface area contributed by atoms with Crippen molar-refractivity contribution in [3.05, 3.63) is 0 Å². The molecule has 0 bridgehead atoms. The van der Waals surface area contributed by atoms with Crippen LogP contribution < -0.4 is 0 Å². The van der Waals surface area contributed by atoms with E-state index in [0.29, 0.717) is 6.42 Å². The van der Waals surface area contributed by atoms with E-state index >= 15 is 0 Å². The predicted octanol–water partition coefficient (Wildman–Crippen LogP) is 2.90. The molecule has 0 aliphatic carbocycles. The third-order valence-electron chi connectivity index (χ3n) is 2.06. The second-order valence-corrected chi connectivity index (χ2v) is 3.47. The molecule has 1 atom stereocenters. The molecule has 0 aromatic heterocycles. The summed E-state index contributed by atoms with van der Waals surface area (Å²) >= 11 is 0. The maximum absolute atomic E-state index is 12.4. The van der Waals surface area contributed by atoms with Crippen molar-refractivity contribution in [1.82, 2.24) is 0 Å². The first-order chi connectivity index (χ1) is 7.02. The van der Waals surface area contributed by atoms with E-state index in [2.05, 4.69) is 0 Å². The van der Waals surface area contributed by atoms with Crippen molar-refractivity contribution < 1.29 is 23.0 Å². The molecule has 1 N–H and O–H groups in total. The summed E-state index contributed by atoms with van der Waals surface area (Å²) in [6.07, 6.45) is -3.49. The third kappa shape index (κ3) is 7.62. The van der Waals surface area contributed by atoms with Crippen LogP contribution in [0.15, 0.2) is 0 Å². The van der Waals surface area contributed by atoms with Gasteiger partial charge < -0.3 is 9.84 Å². The number of aliphatic hydroxyl groups is 1. The van der Waals surface area contributed by atoms with E-state index in [1.54, 1.807) is 0 Å². The average molecular weight is 228 g/mol. The normalized spacial score (nSPS) is 14.2. The fourth-order valence-corrected chi connectivity index (χ4v) is 1.21. The second-order valence-electron chi connectivity index (χ2n) is 3.47. The van der Waals surface area contributed by atoms with Gasteiger partial charge in [0.2, 0.25) is 0 Å². The summed E-state index contributed by atoms with van der Waals surface area (Å²) in [5.74, 6) is 0. The van der Waals surface area contributed by atoms with E-state index in [0.717, 1.165) is 12.8 Å². The number of hydrogen-bond donors (Lipinski definition) is 1. The molecule has 0 heterocycles.